The molecule has 4 unspecified atom stereocenters. The van der Waals surface area contributed by atoms with Crippen LogP contribution in [0.1, 0.15) is 22.8 Å². The molecule has 264 valence electrons. The second-order valence-corrected chi connectivity index (χ2v) is 14.3. The Hall–Kier alpha value is -0.860. The van der Waals surface area contributed by atoms with E-state index in [9.17, 15) is 53.4 Å². The fourth-order valence-corrected chi connectivity index (χ4v) is 7.39. The van der Waals surface area contributed by atoms with Gasteiger partial charge in [0.05, 0.1) is 27.4 Å². The number of imidazole rings is 1. The minimum absolute atomic E-state index is 0. The van der Waals surface area contributed by atoms with Crippen LogP contribution < -0.4 is 89.8 Å². The molecule has 29 heteroatoms. The zero-order valence-corrected chi connectivity index (χ0v) is 32.5. The Balaban J connectivity index is 0.00000338. The fourth-order valence-electron chi connectivity index (χ4n) is 4.81. The predicted octanol–water partition coefficient (Wildman–Crippen LogP) is -10.8. The molecule has 0 spiro atoms. The molecule has 2 saturated heterocycles. The first-order valence-corrected chi connectivity index (χ1v) is 17.7. The summed E-state index contributed by atoms with van der Waals surface area (Å²) in [5, 5.41) is 31.4. The number of phosphoric acid groups is 3. The Kier molecular flexibility index (Phi) is 14.9. The molecule has 24 nitrogen and oxygen atoms in total. The molecule has 2 aliphatic rings. The van der Waals surface area contributed by atoms with Crippen molar-refractivity contribution in [3.05, 3.63) is 42.7 Å². The molecule has 0 bridgehead atoms. The zero-order valence-electron chi connectivity index (χ0n) is 25.8. The van der Waals surface area contributed by atoms with Gasteiger partial charge in [-0.2, -0.15) is 4.57 Å². The Bertz CT molecular complexity index is 1820. The van der Waals surface area contributed by atoms with Gasteiger partial charge >= 0.3 is 66.9 Å². The minimum Gasteiger partial charge on any atom is -0.790 e. The van der Waals surface area contributed by atoms with Crippen LogP contribution >= 0.6 is 23.5 Å². The SMILES string of the molecule is NC(=O)c1ccc[n+](C2O[C@H](COP(=O)([O-])OP(=O)(O)OCC3O[C@@H](n4cnc5c(N)ncnc54)[C@H](OP(=O)([O-])[O-])[C@@H]3O)[C@@H](O)[C@H]2O)c1.[Na+].[Na+]. The van der Waals surface area contributed by atoms with E-state index in [1.165, 1.54) is 29.1 Å². The number of ether oxygens (including phenoxy) is 2. The van der Waals surface area contributed by atoms with Crippen molar-refractivity contribution < 1.29 is 144 Å². The van der Waals surface area contributed by atoms with E-state index in [0.717, 1.165) is 17.2 Å². The number of anilines is 1. The number of hydrogen-bond acceptors (Lipinski definition) is 20. The molecule has 3 aromatic rings. The number of nitrogen functional groups attached to an aromatic ring is 1. The summed E-state index contributed by atoms with van der Waals surface area (Å²) in [6.07, 6.45) is -9.05. The average molecular weight is 787 g/mol. The van der Waals surface area contributed by atoms with Crippen LogP contribution in [0.25, 0.3) is 11.2 Å². The number of aromatic nitrogens is 5. The predicted molar refractivity (Wildman–Crippen MR) is 144 cm³/mol. The maximum absolute atomic E-state index is 12.5. The maximum Gasteiger partial charge on any atom is 1.00 e. The van der Waals surface area contributed by atoms with E-state index >= 15 is 0 Å². The first-order valence-electron chi connectivity index (χ1n) is 13.3. The Morgan fingerprint density at radius 3 is 2.32 bits per heavy atom. The smallest absolute Gasteiger partial charge is 0.790 e. The third-order valence-corrected chi connectivity index (χ3v) is 10.0. The number of aliphatic hydroxyl groups is 3. The largest absolute Gasteiger partial charge is 1.00 e. The Morgan fingerprint density at radius 2 is 1.66 bits per heavy atom. The number of carbonyl (C=O) groups is 1. The minimum atomic E-state index is -5.78. The standard InChI is InChI=1S/C21H28N7O17P3.2Na/c22-17-12-19(25-7-24-17)28(8-26-12)21-16(44-46(33,34)35)14(30)11(43-21)6-41-48(38,39)45-47(36,37)40-5-10-13(29)15(31)20(42-10)27-3-1-2-9(4-27)18(23)32;;/h1-4,7-8,10-11,13-16,20-21,29-31H,5-6H2,(H7-,22,23,24,25,32,33,34,35,36,37,38,39);;/q;2*+1/p-2/t10-,11?,13-,14-,15-,16-,20?,21-;;/m1../s1. The molecule has 1 amide bonds. The number of fused-ring (bicyclic) bond motifs is 1. The number of hydrogen-bond donors (Lipinski definition) is 6. The van der Waals surface area contributed by atoms with Crippen LogP contribution in [-0.4, -0.2) is 95.5 Å². The van der Waals surface area contributed by atoms with Gasteiger partial charge in [0.25, 0.3) is 20.0 Å². The summed E-state index contributed by atoms with van der Waals surface area (Å²) in [4.78, 5) is 68.3. The van der Waals surface area contributed by atoms with Crippen LogP contribution in [0.3, 0.4) is 0 Å². The van der Waals surface area contributed by atoms with Crippen LogP contribution in [0.4, 0.5) is 5.82 Å². The molecular formula is C21H26N7Na2O17P3. The van der Waals surface area contributed by atoms with Crippen LogP contribution in [0.2, 0.25) is 0 Å². The van der Waals surface area contributed by atoms with E-state index < -0.39 is 91.7 Å². The molecular weight excluding hydrogens is 761 g/mol. The summed E-state index contributed by atoms with van der Waals surface area (Å²) >= 11 is 0. The zero-order chi connectivity index (χ0) is 35.2. The first-order chi connectivity index (χ1) is 22.4. The monoisotopic (exact) mass is 787 g/mol. The number of amides is 1. The van der Waals surface area contributed by atoms with Gasteiger partial charge < -0.3 is 69.4 Å². The van der Waals surface area contributed by atoms with E-state index in [4.69, 9.17) is 20.9 Å². The Morgan fingerprint density at radius 1 is 1.00 bits per heavy atom. The van der Waals surface area contributed by atoms with Crippen molar-refractivity contribution in [1.82, 2.24) is 19.5 Å². The summed E-state index contributed by atoms with van der Waals surface area (Å²) in [6, 6.07) is 2.76. The van der Waals surface area contributed by atoms with Gasteiger partial charge in [-0.15, -0.1) is 0 Å². The van der Waals surface area contributed by atoms with Crippen molar-refractivity contribution >= 4 is 46.4 Å². The van der Waals surface area contributed by atoms with Gasteiger partial charge in [0.2, 0.25) is 0 Å². The molecule has 0 aromatic carbocycles. The van der Waals surface area contributed by atoms with Gasteiger partial charge in [-0.25, -0.2) is 23.8 Å². The number of carbonyl (C=O) groups excluding carboxylic acids is 1. The molecule has 0 radical (unpaired) electrons. The third kappa shape index (κ3) is 10.2. The van der Waals surface area contributed by atoms with Gasteiger partial charge in [0, 0.05) is 6.07 Å². The van der Waals surface area contributed by atoms with Gasteiger partial charge in [-0.1, -0.05) is 0 Å². The molecule has 8 N–H and O–H groups in total. The molecule has 2 aliphatic heterocycles. The quantitative estimate of drug-likeness (QED) is 0.0532. The first kappa shape index (κ1) is 43.5. The van der Waals surface area contributed by atoms with Gasteiger partial charge in [-0.05, 0) is 6.07 Å². The molecule has 2 fully saturated rings. The summed E-state index contributed by atoms with van der Waals surface area (Å²) in [5.74, 6) is -0.892. The molecule has 5 heterocycles. The van der Waals surface area contributed by atoms with Crippen molar-refractivity contribution in [2.24, 2.45) is 5.73 Å². The fraction of sp³-hybridized carbons (Fsp3) is 0.476. The van der Waals surface area contributed by atoms with E-state index in [1.54, 1.807) is 0 Å². The maximum atomic E-state index is 12.5. The van der Waals surface area contributed by atoms with Gasteiger partial charge in [-0.3, -0.25) is 18.5 Å². The second kappa shape index (κ2) is 17.1. The van der Waals surface area contributed by atoms with E-state index in [1.807, 2.05) is 0 Å². The van der Waals surface area contributed by atoms with Crippen molar-refractivity contribution in [1.29, 1.82) is 0 Å². The van der Waals surface area contributed by atoms with E-state index in [0.29, 0.717) is 0 Å². The number of rotatable bonds is 13. The average Bonchev–Trinajstić information content (AvgIpc) is 3.64. The number of nitrogens with zero attached hydrogens (tertiary/aromatic N) is 5. The summed E-state index contributed by atoms with van der Waals surface area (Å²) in [6.45, 7) is -2.18. The number of nitrogens with two attached hydrogens (primary N) is 2. The molecule has 10 atom stereocenters. The number of primary amides is 1. The van der Waals surface area contributed by atoms with Crippen LogP contribution in [-0.2, 0) is 41.1 Å². The van der Waals surface area contributed by atoms with E-state index in [2.05, 4.69) is 32.8 Å². The van der Waals surface area contributed by atoms with Gasteiger partial charge in [0.1, 0.15) is 47.9 Å². The molecule has 50 heavy (non-hydrogen) atoms. The topological polar surface area (TPSA) is 373 Å². The molecule has 0 saturated carbocycles. The van der Waals surface area contributed by atoms with Gasteiger partial charge in [0.15, 0.2) is 36.2 Å². The van der Waals surface area contributed by atoms with Crippen molar-refractivity contribution in [3.63, 3.8) is 0 Å². The van der Waals surface area contributed by atoms with Crippen LogP contribution in [0.5, 0.6) is 0 Å². The Labute approximate surface area is 324 Å². The molecule has 3 aromatic heterocycles. The van der Waals surface area contributed by atoms with Crippen LogP contribution in [0.15, 0.2) is 37.2 Å². The van der Waals surface area contributed by atoms with Crippen molar-refractivity contribution in [2.75, 3.05) is 18.9 Å². The third-order valence-electron chi connectivity index (χ3n) is 6.96. The van der Waals surface area contributed by atoms with Crippen LogP contribution in [0, 0.1) is 0 Å². The molecule has 5 rings (SSSR count). The number of phosphoric ester groups is 3. The summed E-state index contributed by atoms with van der Waals surface area (Å²) in [5.41, 5.74) is 11.0. The molecule has 0 aliphatic carbocycles. The summed E-state index contributed by atoms with van der Waals surface area (Å²) < 4.78 is 67.2. The number of pyridine rings is 1. The van der Waals surface area contributed by atoms with E-state index in [-0.39, 0.29) is 81.7 Å². The normalized spacial score (nSPS) is 29.1. The summed E-state index contributed by atoms with van der Waals surface area (Å²) in [7, 11) is -17.1. The van der Waals surface area contributed by atoms with Crippen molar-refractivity contribution in [3.8, 4) is 0 Å². The number of aliphatic hydroxyl groups excluding tert-OH is 3. The second-order valence-electron chi connectivity index (χ2n) is 10.2. The van der Waals surface area contributed by atoms with Crippen molar-refractivity contribution in [2.45, 2.75) is 49.1 Å².